The van der Waals surface area contributed by atoms with Crippen molar-refractivity contribution in [1.29, 1.82) is 5.26 Å². The number of hydrogen-bond acceptors (Lipinski definition) is 3. The van der Waals surface area contributed by atoms with Gasteiger partial charge in [-0.1, -0.05) is 29.8 Å². The monoisotopic (exact) mass is 335 g/mol. The summed E-state index contributed by atoms with van der Waals surface area (Å²) in [4.78, 5) is 24.2. The summed E-state index contributed by atoms with van der Waals surface area (Å²) in [6.45, 7) is 5.72. The SMILES string of the molecule is Cc1cccc(C(C)(C)NC(=O)CNC(=O)c2ccc(C#N)cc2)c1. The van der Waals surface area contributed by atoms with Gasteiger partial charge in [0.2, 0.25) is 5.91 Å². The largest absolute Gasteiger partial charge is 0.346 e. The first-order chi connectivity index (χ1) is 11.8. The highest BCUT2D eigenvalue weighted by atomic mass is 16.2. The minimum atomic E-state index is -0.539. The summed E-state index contributed by atoms with van der Waals surface area (Å²) in [6.07, 6.45) is 0. The Labute approximate surface area is 147 Å². The average molecular weight is 335 g/mol. The van der Waals surface area contributed by atoms with Gasteiger partial charge in [0.25, 0.3) is 5.91 Å². The van der Waals surface area contributed by atoms with Crippen LogP contribution in [0.4, 0.5) is 0 Å². The second-order valence-electron chi connectivity index (χ2n) is 6.41. The van der Waals surface area contributed by atoms with Gasteiger partial charge in [-0.15, -0.1) is 0 Å². The molecule has 2 rings (SSSR count). The third-order valence-corrected chi connectivity index (χ3v) is 3.88. The molecule has 2 N–H and O–H groups in total. The first-order valence-corrected chi connectivity index (χ1v) is 7.98. The normalized spacial score (nSPS) is 10.6. The molecule has 0 aromatic heterocycles. The quantitative estimate of drug-likeness (QED) is 0.881. The highest BCUT2D eigenvalue weighted by Crippen LogP contribution is 2.20. The fraction of sp³-hybridized carbons (Fsp3) is 0.250. The molecule has 5 nitrogen and oxygen atoms in total. The van der Waals surface area contributed by atoms with Crippen LogP contribution in [0.3, 0.4) is 0 Å². The molecule has 0 bridgehead atoms. The molecule has 0 aliphatic heterocycles. The first-order valence-electron chi connectivity index (χ1n) is 7.98. The lowest BCUT2D eigenvalue weighted by Crippen LogP contribution is -2.46. The van der Waals surface area contributed by atoms with E-state index in [2.05, 4.69) is 10.6 Å². The molecular formula is C20H21N3O2. The molecule has 0 heterocycles. The van der Waals surface area contributed by atoms with Crippen molar-refractivity contribution in [3.05, 3.63) is 70.8 Å². The van der Waals surface area contributed by atoms with Crippen molar-refractivity contribution in [3.8, 4) is 6.07 Å². The van der Waals surface area contributed by atoms with E-state index in [-0.39, 0.29) is 18.4 Å². The second-order valence-corrected chi connectivity index (χ2v) is 6.41. The van der Waals surface area contributed by atoms with Crippen LogP contribution in [0.2, 0.25) is 0 Å². The van der Waals surface area contributed by atoms with Crippen molar-refractivity contribution in [2.75, 3.05) is 6.54 Å². The number of rotatable bonds is 5. The summed E-state index contributed by atoms with van der Waals surface area (Å²) in [7, 11) is 0. The van der Waals surface area contributed by atoms with E-state index >= 15 is 0 Å². The maximum absolute atomic E-state index is 12.2. The summed E-state index contributed by atoms with van der Waals surface area (Å²) in [6, 6.07) is 16.2. The van der Waals surface area contributed by atoms with Crippen molar-refractivity contribution >= 4 is 11.8 Å². The molecule has 128 valence electrons. The Morgan fingerprint density at radius 2 is 1.80 bits per heavy atom. The highest BCUT2D eigenvalue weighted by molar-refractivity contribution is 5.96. The van der Waals surface area contributed by atoms with Crippen molar-refractivity contribution in [2.24, 2.45) is 0 Å². The number of carbonyl (C=O) groups excluding carboxylic acids is 2. The van der Waals surface area contributed by atoms with Crippen LogP contribution in [-0.4, -0.2) is 18.4 Å². The summed E-state index contributed by atoms with van der Waals surface area (Å²) >= 11 is 0. The van der Waals surface area contributed by atoms with Crippen molar-refractivity contribution in [1.82, 2.24) is 10.6 Å². The van der Waals surface area contributed by atoms with Crippen molar-refractivity contribution in [3.63, 3.8) is 0 Å². The number of nitrogens with one attached hydrogen (secondary N) is 2. The predicted octanol–water partition coefficient (Wildman–Crippen LogP) is 2.65. The maximum Gasteiger partial charge on any atom is 0.251 e. The van der Waals surface area contributed by atoms with Crippen LogP contribution in [0.25, 0.3) is 0 Å². The van der Waals surface area contributed by atoms with Crippen LogP contribution < -0.4 is 10.6 Å². The van der Waals surface area contributed by atoms with E-state index in [1.54, 1.807) is 24.3 Å². The molecule has 2 amide bonds. The molecule has 5 heteroatoms. The zero-order valence-electron chi connectivity index (χ0n) is 14.6. The van der Waals surface area contributed by atoms with Gasteiger partial charge in [-0.3, -0.25) is 9.59 Å². The van der Waals surface area contributed by atoms with Gasteiger partial charge in [-0.05, 0) is 50.6 Å². The zero-order chi connectivity index (χ0) is 18.4. The van der Waals surface area contributed by atoms with Crippen LogP contribution in [0.1, 0.15) is 40.9 Å². The molecule has 25 heavy (non-hydrogen) atoms. The molecule has 0 unspecified atom stereocenters. The van der Waals surface area contributed by atoms with Gasteiger partial charge in [0.1, 0.15) is 0 Å². The third-order valence-electron chi connectivity index (χ3n) is 3.88. The molecule has 2 aromatic rings. The molecule has 2 aromatic carbocycles. The van der Waals surface area contributed by atoms with Gasteiger partial charge in [-0.25, -0.2) is 0 Å². The number of carbonyl (C=O) groups is 2. The zero-order valence-corrected chi connectivity index (χ0v) is 14.6. The van der Waals surface area contributed by atoms with Gasteiger partial charge in [-0.2, -0.15) is 5.26 Å². The molecule has 0 aliphatic rings. The van der Waals surface area contributed by atoms with Crippen LogP contribution >= 0.6 is 0 Å². The molecule has 0 radical (unpaired) electrons. The fourth-order valence-corrected chi connectivity index (χ4v) is 2.46. The lowest BCUT2D eigenvalue weighted by atomic mass is 9.93. The van der Waals surface area contributed by atoms with Gasteiger partial charge < -0.3 is 10.6 Å². The molecule has 0 saturated carbocycles. The highest BCUT2D eigenvalue weighted by Gasteiger charge is 2.23. The summed E-state index contributed by atoms with van der Waals surface area (Å²) in [5, 5.41) is 14.3. The Kier molecular flexibility index (Phi) is 5.56. The van der Waals surface area contributed by atoms with Crippen LogP contribution in [0.5, 0.6) is 0 Å². The van der Waals surface area contributed by atoms with E-state index in [1.807, 2.05) is 51.1 Å². The van der Waals surface area contributed by atoms with Gasteiger partial charge in [0, 0.05) is 5.56 Å². The fourth-order valence-electron chi connectivity index (χ4n) is 2.46. The predicted molar refractivity (Wildman–Crippen MR) is 95.8 cm³/mol. The summed E-state index contributed by atoms with van der Waals surface area (Å²) < 4.78 is 0. The molecule has 0 fully saturated rings. The van der Waals surface area contributed by atoms with E-state index in [0.29, 0.717) is 11.1 Å². The number of amides is 2. The minimum Gasteiger partial charge on any atom is -0.346 e. The Morgan fingerprint density at radius 3 is 2.40 bits per heavy atom. The Morgan fingerprint density at radius 1 is 1.12 bits per heavy atom. The lowest BCUT2D eigenvalue weighted by Gasteiger charge is -2.27. The Hall–Kier alpha value is -3.13. The number of nitrogens with zero attached hydrogens (tertiary/aromatic N) is 1. The summed E-state index contributed by atoms with van der Waals surface area (Å²) in [5.74, 6) is -0.624. The minimum absolute atomic E-state index is 0.117. The standard InChI is InChI=1S/C20H21N3O2/c1-14-5-4-6-17(11-14)20(2,3)23-18(24)13-22-19(25)16-9-7-15(12-21)8-10-16/h4-11H,13H2,1-3H3,(H,22,25)(H,23,24). The number of hydrogen-bond donors (Lipinski definition) is 2. The van der Waals surface area contributed by atoms with Gasteiger partial charge in [0.05, 0.1) is 23.7 Å². The van der Waals surface area contributed by atoms with E-state index in [1.165, 1.54) is 0 Å². The van der Waals surface area contributed by atoms with E-state index in [4.69, 9.17) is 5.26 Å². The molecule has 0 aliphatic carbocycles. The van der Waals surface area contributed by atoms with Crippen LogP contribution in [-0.2, 0) is 10.3 Å². The van der Waals surface area contributed by atoms with Gasteiger partial charge in [0.15, 0.2) is 0 Å². The van der Waals surface area contributed by atoms with Crippen LogP contribution in [0.15, 0.2) is 48.5 Å². The number of aryl methyl sites for hydroxylation is 1. The maximum atomic E-state index is 12.2. The second kappa shape index (κ2) is 7.63. The number of benzene rings is 2. The average Bonchev–Trinajstić information content (AvgIpc) is 2.59. The Bertz CT molecular complexity index is 818. The Balaban J connectivity index is 1.93. The summed E-state index contributed by atoms with van der Waals surface area (Å²) in [5.41, 5.74) is 2.47. The van der Waals surface area contributed by atoms with Crippen molar-refractivity contribution in [2.45, 2.75) is 26.3 Å². The van der Waals surface area contributed by atoms with E-state index in [0.717, 1.165) is 11.1 Å². The van der Waals surface area contributed by atoms with Crippen LogP contribution in [0, 0.1) is 18.3 Å². The smallest absolute Gasteiger partial charge is 0.251 e. The molecule has 0 saturated heterocycles. The lowest BCUT2D eigenvalue weighted by molar-refractivity contribution is -0.121. The van der Waals surface area contributed by atoms with Crippen molar-refractivity contribution < 1.29 is 9.59 Å². The molecule has 0 atom stereocenters. The first kappa shape index (κ1) is 18.2. The number of nitriles is 1. The topological polar surface area (TPSA) is 82.0 Å². The van der Waals surface area contributed by atoms with Gasteiger partial charge >= 0.3 is 0 Å². The third kappa shape index (κ3) is 4.92. The van der Waals surface area contributed by atoms with E-state index < -0.39 is 5.54 Å². The molecular weight excluding hydrogens is 314 g/mol. The van der Waals surface area contributed by atoms with E-state index in [9.17, 15) is 9.59 Å². The molecule has 0 spiro atoms.